The zero-order valence-electron chi connectivity index (χ0n) is 8.25. The highest BCUT2D eigenvalue weighted by Crippen LogP contribution is 2.16. The van der Waals surface area contributed by atoms with E-state index in [1.54, 1.807) is 4.90 Å². The molecule has 0 aromatic heterocycles. The van der Waals surface area contributed by atoms with E-state index in [1.165, 1.54) is 0 Å². The molecule has 1 fully saturated rings. The summed E-state index contributed by atoms with van der Waals surface area (Å²) in [4.78, 5) is 22.8. The average Bonchev–Trinajstić information content (AvgIpc) is 2.17. The van der Waals surface area contributed by atoms with E-state index >= 15 is 0 Å². The Bertz CT molecular complexity index is 273. The summed E-state index contributed by atoms with van der Waals surface area (Å²) in [5.41, 5.74) is 0. The number of esters is 2. The molecule has 0 unspecified atom stereocenters. The summed E-state index contributed by atoms with van der Waals surface area (Å²) in [6, 6.07) is 0. The minimum Gasteiger partial charge on any atom is -0.385 e. The first-order valence-corrected chi connectivity index (χ1v) is 4.51. The molecule has 1 aliphatic heterocycles. The molecule has 0 N–H and O–H groups in total. The van der Waals surface area contributed by atoms with E-state index in [2.05, 4.69) is 4.74 Å². The molecule has 1 heterocycles. The molecular formula is C8H10F3NO4. The van der Waals surface area contributed by atoms with Gasteiger partial charge in [0, 0.05) is 13.1 Å². The average molecular weight is 241 g/mol. The van der Waals surface area contributed by atoms with Crippen molar-refractivity contribution in [1.82, 2.24) is 4.90 Å². The Balaban J connectivity index is 2.32. The van der Waals surface area contributed by atoms with Crippen LogP contribution in [0.25, 0.3) is 0 Å². The number of carbonyl (C=O) groups excluding carboxylic acids is 2. The summed E-state index contributed by atoms with van der Waals surface area (Å²) in [6.07, 6.45) is -5.14. The predicted octanol–water partition coefficient (Wildman–Crippen LogP) is -0.0493. The predicted molar refractivity (Wildman–Crippen MR) is 44.4 cm³/mol. The molecule has 0 radical (unpaired) electrons. The van der Waals surface area contributed by atoms with Gasteiger partial charge in [0.25, 0.3) is 0 Å². The van der Waals surface area contributed by atoms with E-state index in [4.69, 9.17) is 4.74 Å². The van der Waals surface area contributed by atoms with Crippen molar-refractivity contribution in [3.05, 3.63) is 0 Å². The van der Waals surface area contributed by atoms with Gasteiger partial charge in [-0.25, -0.2) is 4.79 Å². The van der Waals surface area contributed by atoms with Crippen molar-refractivity contribution in [2.75, 3.05) is 32.8 Å². The molecule has 0 aromatic rings. The lowest BCUT2D eigenvalue weighted by Crippen LogP contribution is -2.41. The number of alkyl halides is 3. The maximum atomic E-state index is 11.7. The van der Waals surface area contributed by atoms with Gasteiger partial charge in [0.1, 0.15) is 0 Å². The van der Waals surface area contributed by atoms with Crippen molar-refractivity contribution < 1.29 is 32.2 Å². The second-order valence-electron chi connectivity index (χ2n) is 3.15. The molecule has 1 rings (SSSR count). The molecule has 16 heavy (non-hydrogen) atoms. The molecular weight excluding hydrogens is 231 g/mol. The maximum Gasteiger partial charge on any atom is 0.491 e. The minimum absolute atomic E-state index is 0.342. The largest absolute Gasteiger partial charge is 0.491 e. The summed E-state index contributed by atoms with van der Waals surface area (Å²) in [5.74, 6) is -3.69. The number of ether oxygens (including phenoxy) is 2. The quantitative estimate of drug-likeness (QED) is 0.501. The molecule has 5 nitrogen and oxygen atoms in total. The van der Waals surface area contributed by atoms with Crippen molar-refractivity contribution in [3.63, 3.8) is 0 Å². The molecule has 1 aliphatic rings. The zero-order valence-corrected chi connectivity index (χ0v) is 8.25. The van der Waals surface area contributed by atoms with Crippen molar-refractivity contribution in [2.45, 2.75) is 6.18 Å². The van der Waals surface area contributed by atoms with Crippen molar-refractivity contribution in [3.8, 4) is 0 Å². The van der Waals surface area contributed by atoms with Gasteiger partial charge in [-0.2, -0.15) is 13.2 Å². The van der Waals surface area contributed by atoms with Gasteiger partial charge in [-0.3, -0.25) is 9.69 Å². The van der Waals surface area contributed by atoms with Crippen LogP contribution in [0.1, 0.15) is 0 Å². The third-order valence-corrected chi connectivity index (χ3v) is 1.89. The van der Waals surface area contributed by atoms with Gasteiger partial charge in [-0.1, -0.05) is 0 Å². The van der Waals surface area contributed by atoms with Crippen LogP contribution >= 0.6 is 0 Å². The summed E-state index contributed by atoms with van der Waals surface area (Å²) < 4.78 is 43.8. The number of hydrogen-bond acceptors (Lipinski definition) is 5. The fourth-order valence-electron chi connectivity index (χ4n) is 1.14. The molecule has 8 heteroatoms. The van der Waals surface area contributed by atoms with Gasteiger partial charge in [0.05, 0.1) is 19.8 Å². The topological polar surface area (TPSA) is 55.8 Å². The summed E-state index contributed by atoms with van der Waals surface area (Å²) in [5, 5.41) is 0. The lowest BCUT2D eigenvalue weighted by atomic mass is 10.4. The van der Waals surface area contributed by atoms with Crippen LogP contribution in [0.4, 0.5) is 13.2 Å². The van der Waals surface area contributed by atoms with E-state index in [0.717, 1.165) is 0 Å². The number of halogens is 3. The highest BCUT2D eigenvalue weighted by Gasteiger charge is 2.42. The molecule has 0 atom stereocenters. The molecule has 0 aromatic carbocycles. The van der Waals surface area contributed by atoms with Gasteiger partial charge in [-0.15, -0.1) is 0 Å². The molecule has 0 aliphatic carbocycles. The van der Waals surface area contributed by atoms with Crippen LogP contribution in [0.3, 0.4) is 0 Å². The fourth-order valence-corrected chi connectivity index (χ4v) is 1.14. The van der Waals surface area contributed by atoms with Gasteiger partial charge < -0.3 is 9.47 Å². The van der Waals surface area contributed by atoms with Crippen LogP contribution in [0.2, 0.25) is 0 Å². The Kier molecular flexibility index (Phi) is 4.25. The lowest BCUT2D eigenvalue weighted by molar-refractivity contribution is -0.202. The summed E-state index contributed by atoms with van der Waals surface area (Å²) >= 11 is 0. The smallest absolute Gasteiger partial charge is 0.385 e. The number of carbonyl (C=O) groups is 2. The molecule has 0 spiro atoms. The first kappa shape index (κ1) is 12.9. The molecule has 1 saturated heterocycles. The van der Waals surface area contributed by atoms with Crippen LogP contribution in [0.15, 0.2) is 0 Å². The zero-order chi connectivity index (χ0) is 12.2. The standard InChI is InChI=1S/C8H10F3NO4/c9-8(10,11)7(14)16-6(13)5-12-1-3-15-4-2-12/h1-5H2. The van der Waals surface area contributed by atoms with Crippen molar-refractivity contribution >= 4 is 11.9 Å². The molecule has 0 amide bonds. The van der Waals surface area contributed by atoms with Crippen LogP contribution in [0.5, 0.6) is 0 Å². The number of hydrogen-bond donors (Lipinski definition) is 0. The van der Waals surface area contributed by atoms with Crippen molar-refractivity contribution in [2.24, 2.45) is 0 Å². The lowest BCUT2D eigenvalue weighted by Gasteiger charge is -2.25. The van der Waals surface area contributed by atoms with Crippen LogP contribution < -0.4 is 0 Å². The highest BCUT2D eigenvalue weighted by atomic mass is 19.4. The van der Waals surface area contributed by atoms with E-state index in [-0.39, 0.29) is 6.54 Å². The first-order valence-electron chi connectivity index (χ1n) is 4.51. The van der Waals surface area contributed by atoms with Crippen molar-refractivity contribution in [1.29, 1.82) is 0 Å². The van der Waals surface area contributed by atoms with E-state index < -0.39 is 18.1 Å². The number of rotatable bonds is 2. The van der Waals surface area contributed by atoms with E-state index in [1.807, 2.05) is 0 Å². The van der Waals surface area contributed by atoms with Gasteiger partial charge in [0.2, 0.25) is 0 Å². The van der Waals surface area contributed by atoms with E-state index in [9.17, 15) is 22.8 Å². The molecule has 0 saturated carbocycles. The Morgan fingerprint density at radius 1 is 1.25 bits per heavy atom. The van der Waals surface area contributed by atoms with Crippen LogP contribution in [-0.2, 0) is 19.1 Å². The van der Waals surface area contributed by atoms with E-state index in [0.29, 0.717) is 26.3 Å². The second-order valence-corrected chi connectivity index (χ2v) is 3.15. The normalized spacial score (nSPS) is 18.2. The van der Waals surface area contributed by atoms with Gasteiger partial charge >= 0.3 is 18.1 Å². The fraction of sp³-hybridized carbons (Fsp3) is 0.750. The summed E-state index contributed by atoms with van der Waals surface area (Å²) in [6.45, 7) is 1.32. The van der Waals surface area contributed by atoms with Gasteiger partial charge in [-0.05, 0) is 0 Å². The van der Waals surface area contributed by atoms with Crippen LogP contribution in [0, 0.1) is 0 Å². The highest BCUT2D eigenvalue weighted by molar-refractivity contribution is 5.89. The third-order valence-electron chi connectivity index (χ3n) is 1.89. The SMILES string of the molecule is O=C(CN1CCOCC1)OC(=O)C(F)(F)F. The minimum atomic E-state index is -5.14. The van der Waals surface area contributed by atoms with Crippen LogP contribution in [-0.4, -0.2) is 55.9 Å². The molecule has 92 valence electrons. The summed E-state index contributed by atoms with van der Waals surface area (Å²) in [7, 11) is 0. The Morgan fingerprint density at radius 2 is 1.81 bits per heavy atom. The maximum absolute atomic E-state index is 11.7. The third kappa shape index (κ3) is 4.15. The Labute approximate surface area is 89.1 Å². The first-order chi connectivity index (χ1) is 7.39. The monoisotopic (exact) mass is 241 g/mol. The Morgan fingerprint density at radius 3 is 2.31 bits per heavy atom. The molecule has 0 bridgehead atoms. The van der Waals surface area contributed by atoms with Gasteiger partial charge in [0.15, 0.2) is 0 Å². The Hall–Kier alpha value is -1.15. The second kappa shape index (κ2) is 5.26. The number of nitrogens with zero attached hydrogens (tertiary/aromatic N) is 1. The number of morpholine rings is 1.